The molecule has 0 spiro atoms. The molecular weight excluding hydrogens is 437 g/mol. The SMILES string of the molecule is Cc1cc(C(=O)NCC(c2ccc3c(c2)OCO3)N2CCN(c3ccccc3F)CC2)c(C)o1. The smallest absolute Gasteiger partial charge is 0.254 e. The third-order valence-corrected chi connectivity index (χ3v) is 6.47. The Morgan fingerprint density at radius 2 is 1.79 bits per heavy atom. The van der Waals surface area contributed by atoms with Crippen LogP contribution < -0.4 is 19.7 Å². The molecule has 0 saturated carbocycles. The van der Waals surface area contributed by atoms with Crippen LogP contribution >= 0.6 is 0 Å². The van der Waals surface area contributed by atoms with E-state index in [0.29, 0.717) is 48.2 Å². The van der Waals surface area contributed by atoms with E-state index in [0.717, 1.165) is 24.4 Å². The lowest BCUT2D eigenvalue weighted by Gasteiger charge is -2.40. The van der Waals surface area contributed by atoms with Gasteiger partial charge in [-0.3, -0.25) is 9.69 Å². The molecule has 1 atom stereocenters. The third kappa shape index (κ3) is 4.46. The molecule has 0 bridgehead atoms. The lowest BCUT2D eigenvalue weighted by atomic mass is 10.0. The second kappa shape index (κ2) is 9.38. The fourth-order valence-electron chi connectivity index (χ4n) is 4.70. The second-order valence-electron chi connectivity index (χ2n) is 8.64. The van der Waals surface area contributed by atoms with Crippen molar-refractivity contribution in [2.75, 3.05) is 44.4 Å². The molecule has 8 heteroatoms. The molecular formula is C26H28FN3O4. The van der Waals surface area contributed by atoms with E-state index in [1.54, 1.807) is 19.1 Å². The Kier molecular flexibility index (Phi) is 6.15. The third-order valence-electron chi connectivity index (χ3n) is 6.47. The van der Waals surface area contributed by atoms with Crippen molar-refractivity contribution < 1.29 is 23.1 Å². The Morgan fingerprint density at radius 3 is 2.53 bits per heavy atom. The van der Waals surface area contributed by atoms with E-state index in [1.165, 1.54) is 6.07 Å². The quantitative estimate of drug-likeness (QED) is 0.592. The van der Waals surface area contributed by atoms with Crippen molar-refractivity contribution in [1.29, 1.82) is 0 Å². The number of nitrogens with zero attached hydrogens (tertiary/aromatic N) is 2. The molecule has 0 aliphatic carbocycles. The maximum atomic E-state index is 14.3. The normalized spacial score (nSPS) is 16.5. The number of furan rings is 1. The summed E-state index contributed by atoms with van der Waals surface area (Å²) in [6.45, 7) is 7.09. The predicted octanol–water partition coefficient (Wildman–Crippen LogP) is 4.06. The summed E-state index contributed by atoms with van der Waals surface area (Å²) < 4.78 is 30.9. The number of anilines is 1. The summed E-state index contributed by atoms with van der Waals surface area (Å²) in [5.41, 5.74) is 2.20. The molecule has 3 heterocycles. The summed E-state index contributed by atoms with van der Waals surface area (Å²) in [6.07, 6.45) is 0. The van der Waals surface area contributed by atoms with Crippen molar-refractivity contribution in [2.24, 2.45) is 0 Å². The van der Waals surface area contributed by atoms with Gasteiger partial charge in [0.15, 0.2) is 11.5 Å². The summed E-state index contributed by atoms with van der Waals surface area (Å²) in [5, 5.41) is 3.08. The molecule has 34 heavy (non-hydrogen) atoms. The highest BCUT2D eigenvalue weighted by atomic mass is 19.1. The van der Waals surface area contributed by atoms with E-state index in [2.05, 4.69) is 15.1 Å². The van der Waals surface area contributed by atoms with E-state index < -0.39 is 0 Å². The standard InChI is InChI=1S/C26H28FN3O4/c1-17-13-20(18(2)34-17)26(31)28-15-23(19-7-8-24-25(14-19)33-16-32-24)30-11-9-29(10-12-30)22-6-4-3-5-21(22)27/h3-8,13-14,23H,9-12,15-16H2,1-2H3,(H,28,31). The number of aryl methyl sites for hydroxylation is 2. The van der Waals surface area contributed by atoms with E-state index in [9.17, 15) is 9.18 Å². The summed E-state index contributed by atoms with van der Waals surface area (Å²) in [5.74, 6) is 2.37. The fraction of sp³-hybridized carbons (Fsp3) is 0.346. The van der Waals surface area contributed by atoms with Gasteiger partial charge in [0.25, 0.3) is 5.91 Å². The van der Waals surface area contributed by atoms with Crippen molar-refractivity contribution in [3.8, 4) is 11.5 Å². The van der Waals surface area contributed by atoms with Crippen molar-refractivity contribution in [3.63, 3.8) is 0 Å². The summed E-state index contributed by atoms with van der Waals surface area (Å²) in [6, 6.07) is 14.5. The van der Waals surface area contributed by atoms with Gasteiger partial charge in [-0.15, -0.1) is 0 Å². The zero-order chi connectivity index (χ0) is 23.7. The van der Waals surface area contributed by atoms with Crippen LogP contribution in [-0.4, -0.2) is 50.3 Å². The summed E-state index contributed by atoms with van der Waals surface area (Å²) in [4.78, 5) is 17.3. The second-order valence-corrected chi connectivity index (χ2v) is 8.64. The molecule has 2 aromatic carbocycles. The van der Waals surface area contributed by atoms with Gasteiger partial charge in [0.05, 0.1) is 17.3 Å². The molecule has 1 unspecified atom stereocenters. The molecule has 5 rings (SSSR count). The van der Waals surface area contributed by atoms with Crippen molar-refractivity contribution in [3.05, 3.63) is 77.0 Å². The Morgan fingerprint density at radius 1 is 1.03 bits per heavy atom. The Bertz CT molecular complexity index is 1190. The van der Waals surface area contributed by atoms with Gasteiger partial charge in [-0.2, -0.15) is 0 Å². The number of carbonyl (C=O) groups excluding carboxylic acids is 1. The van der Waals surface area contributed by atoms with Gasteiger partial charge >= 0.3 is 0 Å². The molecule has 2 aliphatic heterocycles. The van der Waals surface area contributed by atoms with Gasteiger partial charge in [-0.05, 0) is 49.7 Å². The number of benzene rings is 2. The van der Waals surface area contributed by atoms with Crippen LogP contribution in [0.2, 0.25) is 0 Å². The number of nitrogens with one attached hydrogen (secondary N) is 1. The number of amides is 1. The molecule has 3 aromatic rings. The van der Waals surface area contributed by atoms with Crippen molar-refractivity contribution in [1.82, 2.24) is 10.2 Å². The fourth-order valence-corrected chi connectivity index (χ4v) is 4.70. The molecule has 1 N–H and O–H groups in total. The molecule has 0 radical (unpaired) electrons. The van der Waals surface area contributed by atoms with Crippen LogP contribution in [0.1, 0.15) is 33.5 Å². The van der Waals surface area contributed by atoms with E-state index in [-0.39, 0.29) is 24.6 Å². The first-order valence-electron chi connectivity index (χ1n) is 11.5. The van der Waals surface area contributed by atoms with Crippen LogP contribution in [-0.2, 0) is 0 Å². The number of hydrogen-bond donors (Lipinski definition) is 1. The maximum absolute atomic E-state index is 14.3. The highest BCUT2D eigenvalue weighted by molar-refractivity contribution is 5.95. The first kappa shape index (κ1) is 22.3. The van der Waals surface area contributed by atoms with Crippen LogP contribution in [0.15, 0.2) is 52.9 Å². The molecule has 1 fully saturated rings. The number of fused-ring (bicyclic) bond motifs is 1. The number of para-hydroxylation sites is 1. The molecule has 1 aromatic heterocycles. The summed E-state index contributed by atoms with van der Waals surface area (Å²) >= 11 is 0. The number of ether oxygens (including phenoxy) is 2. The van der Waals surface area contributed by atoms with Gasteiger partial charge in [0.2, 0.25) is 6.79 Å². The van der Waals surface area contributed by atoms with Gasteiger partial charge in [-0.25, -0.2) is 4.39 Å². The van der Waals surface area contributed by atoms with Gasteiger partial charge in [0.1, 0.15) is 17.3 Å². The molecule has 178 valence electrons. The molecule has 1 amide bonds. The topological polar surface area (TPSA) is 67.2 Å². The lowest BCUT2D eigenvalue weighted by Crippen LogP contribution is -2.50. The van der Waals surface area contributed by atoms with Crippen LogP contribution in [0.25, 0.3) is 0 Å². The van der Waals surface area contributed by atoms with Crippen LogP contribution in [0.5, 0.6) is 11.5 Å². The highest BCUT2D eigenvalue weighted by Crippen LogP contribution is 2.36. The minimum Gasteiger partial charge on any atom is -0.466 e. The molecule has 2 aliphatic rings. The van der Waals surface area contributed by atoms with Crippen LogP contribution in [0.3, 0.4) is 0 Å². The Hall–Kier alpha value is -3.52. The largest absolute Gasteiger partial charge is 0.466 e. The summed E-state index contributed by atoms with van der Waals surface area (Å²) in [7, 11) is 0. The van der Waals surface area contributed by atoms with Gasteiger partial charge in [0, 0.05) is 32.7 Å². The average Bonchev–Trinajstić information content (AvgIpc) is 3.45. The van der Waals surface area contributed by atoms with Crippen molar-refractivity contribution >= 4 is 11.6 Å². The zero-order valence-electron chi connectivity index (χ0n) is 19.3. The van der Waals surface area contributed by atoms with Gasteiger partial charge in [-0.1, -0.05) is 18.2 Å². The molecule has 1 saturated heterocycles. The van der Waals surface area contributed by atoms with Crippen molar-refractivity contribution in [2.45, 2.75) is 19.9 Å². The maximum Gasteiger partial charge on any atom is 0.254 e. The van der Waals surface area contributed by atoms with Crippen LogP contribution in [0.4, 0.5) is 10.1 Å². The van der Waals surface area contributed by atoms with Gasteiger partial charge < -0.3 is 24.1 Å². The van der Waals surface area contributed by atoms with Crippen LogP contribution in [0, 0.1) is 19.7 Å². The Labute approximate surface area is 198 Å². The minimum atomic E-state index is -0.207. The number of hydrogen-bond acceptors (Lipinski definition) is 6. The average molecular weight is 466 g/mol. The number of halogens is 1. The zero-order valence-corrected chi connectivity index (χ0v) is 19.3. The van der Waals surface area contributed by atoms with E-state index >= 15 is 0 Å². The Balaban J connectivity index is 1.33. The minimum absolute atomic E-state index is 0.0745. The lowest BCUT2D eigenvalue weighted by molar-refractivity contribution is 0.0928. The predicted molar refractivity (Wildman–Crippen MR) is 126 cm³/mol. The monoisotopic (exact) mass is 465 g/mol. The number of rotatable bonds is 6. The number of piperazine rings is 1. The molecule has 7 nitrogen and oxygen atoms in total. The van der Waals surface area contributed by atoms with E-state index in [1.807, 2.05) is 37.3 Å². The highest BCUT2D eigenvalue weighted by Gasteiger charge is 2.28. The number of carbonyl (C=O) groups is 1. The first-order chi connectivity index (χ1) is 16.5. The first-order valence-corrected chi connectivity index (χ1v) is 11.5. The van der Waals surface area contributed by atoms with E-state index in [4.69, 9.17) is 13.9 Å².